The molecule has 0 amide bonds. The molecule has 0 aromatic carbocycles. The van der Waals surface area contributed by atoms with E-state index < -0.39 is 5.97 Å². The number of carbonyl (C=O) groups is 1. The van der Waals surface area contributed by atoms with Crippen molar-refractivity contribution < 1.29 is 9.90 Å². The molecular formula is C9H15NO2. The Labute approximate surface area is 72.4 Å². The molecule has 0 aromatic rings. The highest BCUT2D eigenvalue weighted by Crippen LogP contribution is 2.51. The van der Waals surface area contributed by atoms with Crippen LogP contribution in [0.25, 0.3) is 0 Å². The molecule has 2 fully saturated rings. The lowest BCUT2D eigenvalue weighted by molar-refractivity contribution is -0.138. The molecule has 3 heteroatoms. The van der Waals surface area contributed by atoms with Crippen LogP contribution >= 0.6 is 0 Å². The molecule has 68 valence electrons. The molecule has 1 spiro atoms. The molecule has 0 bridgehead atoms. The van der Waals surface area contributed by atoms with E-state index in [-0.39, 0.29) is 0 Å². The Kier molecular flexibility index (Phi) is 1.65. The molecule has 1 saturated carbocycles. The first-order valence-corrected chi connectivity index (χ1v) is 4.55. The molecule has 1 atom stereocenters. The molecule has 0 radical (unpaired) electrons. The van der Waals surface area contributed by atoms with Crippen molar-refractivity contribution in [1.29, 1.82) is 0 Å². The normalized spacial score (nSPS) is 32.6. The monoisotopic (exact) mass is 169 g/mol. The zero-order valence-electron chi connectivity index (χ0n) is 7.42. The largest absolute Gasteiger partial charge is 0.481 e. The zero-order chi connectivity index (χ0) is 8.77. The summed E-state index contributed by atoms with van der Waals surface area (Å²) < 4.78 is 0. The Morgan fingerprint density at radius 2 is 2.33 bits per heavy atom. The predicted octanol–water partition coefficient (Wildman–Crippen LogP) is 0.945. The van der Waals surface area contributed by atoms with Crippen molar-refractivity contribution in [3.8, 4) is 0 Å². The van der Waals surface area contributed by atoms with Crippen LogP contribution in [-0.4, -0.2) is 35.1 Å². The fourth-order valence-corrected chi connectivity index (χ4v) is 2.45. The summed E-state index contributed by atoms with van der Waals surface area (Å²) in [7, 11) is 2.12. The van der Waals surface area contributed by atoms with Gasteiger partial charge in [-0.3, -0.25) is 4.79 Å². The van der Waals surface area contributed by atoms with Gasteiger partial charge in [0.25, 0.3) is 0 Å². The first-order chi connectivity index (χ1) is 5.62. The van der Waals surface area contributed by atoms with Crippen LogP contribution in [0.15, 0.2) is 0 Å². The molecule has 12 heavy (non-hydrogen) atoms. The van der Waals surface area contributed by atoms with Crippen LogP contribution in [0, 0.1) is 5.92 Å². The van der Waals surface area contributed by atoms with E-state index in [1.54, 1.807) is 0 Å². The van der Waals surface area contributed by atoms with Crippen LogP contribution in [0.2, 0.25) is 0 Å². The van der Waals surface area contributed by atoms with Crippen LogP contribution in [0.3, 0.4) is 0 Å². The van der Waals surface area contributed by atoms with Crippen LogP contribution in [0.5, 0.6) is 0 Å². The summed E-state index contributed by atoms with van der Waals surface area (Å²) in [6, 6.07) is 0. The summed E-state index contributed by atoms with van der Waals surface area (Å²) in [5, 5.41) is 8.63. The molecule has 1 heterocycles. The van der Waals surface area contributed by atoms with E-state index in [2.05, 4.69) is 11.9 Å². The Bertz CT molecular complexity index is 211. The van der Waals surface area contributed by atoms with E-state index in [4.69, 9.17) is 5.11 Å². The van der Waals surface area contributed by atoms with Gasteiger partial charge in [0.1, 0.15) is 0 Å². The fourth-order valence-electron chi connectivity index (χ4n) is 2.45. The average molecular weight is 169 g/mol. The van der Waals surface area contributed by atoms with Crippen molar-refractivity contribution in [3.63, 3.8) is 0 Å². The van der Waals surface area contributed by atoms with Gasteiger partial charge in [0, 0.05) is 18.5 Å². The third-order valence-electron chi connectivity index (χ3n) is 3.30. The second-order valence-corrected chi connectivity index (χ2v) is 4.27. The maximum atomic E-state index is 10.5. The smallest absolute Gasteiger partial charge is 0.303 e. The van der Waals surface area contributed by atoms with E-state index >= 15 is 0 Å². The van der Waals surface area contributed by atoms with Gasteiger partial charge in [-0.15, -0.1) is 0 Å². The number of rotatable bonds is 2. The Morgan fingerprint density at radius 3 is 2.75 bits per heavy atom. The Morgan fingerprint density at radius 1 is 1.67 bits per heavy atom. The van der Waals surface area contributed by atoms with E-state index in [1.807, 2.05) is 0 Å². The minimum Gasteiger partial charge on any atom is -0.481 e. The molecule has 0 aromatic heterocycles. The zero-order valence-corrected chi connectivity index (χ0v) is 7.42. The third kappa shape index (κ3) is 1.22. The quantitative estimate of drug-likeness (QED) is 0.669. The maximum Gasteiger partial charge on any atom is 0.303 e. The van der Waals surface area contributed by atoms with Gasteiger partial charge in [-0.2, -0.15) is 0 Å². The summed E-state index contributed by atoms with van der Waals surface area (Å²) in [6.45, 7) is 0.978. The van der Waals surface area contributed by atoms with Crippen LogP contribution in [0.4, 0.5) is 0 Å². The molecule has 1 N–H and O–H groups in total. The number of carboxylic acid groups (broad SMARTS) is 1. The lowest BCUT2D eigenvalue weighted by atomic mass is 10.0. The van der Waals surface area contributed by atoms with Crippen molar-refractivity contribution >= 4 is 5.97 Å². The average Bonchev–Trinajstić information content (AvgIpc) is 2.60. The molecular weight excluding hydrogens is 154 g/mol. The first kappa shape index (κ1) is 8.05. The number of likely N-dealkylation sites (tertiary alicyclic amines) is 1. The van der Waals surface area contributed by atoms with Crippen LogP contribution < -0.4 is 0 Å². The summed E-state index contributed by atoms with van der Waals surface area (Å²) in [4.78, 5) is 12.8. The molecule has 1 aliphatic carbocycles. The highest BCUT2D eigenvalue weighted by Gasteiger charge is 2.52. The number of hydrogen-bond acceptors (Lipinski definition) is 2. The molecule has 1 aliphatic heterocycles. The SMILES string of the molecule is CN1CC(CC(=O)O)CC12CC2. The molecule has 1 unspecified atom stereocenters. The number of hydrogen-bond donors (Lipinski definition) is 1. The van der Waals surface area contributed by atoms with Crippen molar-refractivity contribution in [2.24, 2.45) is 5.92 Å². The van der Waals surface area contributed by atoms with E-state index in [9.17, 15) is 4.79 Å². The Balaban J connectivity index is 1.93. The summed E-state index contributed by atoms with van der Waals surface area (Å²) in [5.41, 5.74) is 0.431. The van der Waals surface area contributed by atoms with Crippen molar-refractivity contribution in [2.45, 2.75) is 31.2 Å². The van der Waals surface area contributed by atoms with Crippen LogP contribution in [0.1, 0.15) is 25.7 Å². The second-order valence-electron chi connectivity index (χ2n) is 4.27. The molecule has 2 aliphatic rings. The Hall–Kier alpha value is -0.570. The fraction of sp³-hybridized carbons (Fsp3) is 0.889. The maximum absolute atomic E-state index is 10.5. The van der Waals surface area contributed by atoms with E-state index in [0.717, 1.165) is 13.0 Å². The predicted molar refractivity (Wildman–Crippen MR) is 45.0 cm³/mol. The van der Waals surface area contributed by atoms with Gasteiger partial charge in [0.15, 0.2) is 0 Å². The minimum atomic E-state index is -0.647. The molecule has 2 rings (SSSR count). The van der Waals surface area contributed by atoms with Gasteiger partial charge >= 0.3 is 5.97 Å². The first-order valence-electron chi connectivity index (χ1n) is 4.55. The van der Waals surface area contributed by atoms with Gasteiger partial charge < -0.3 is 10.0 Å². The van der Waals surface area contributed by atoms with Crippen molar-refractivity contribution in [2.75, 3.05) is 13.6 Å². The summed E-state index contributed by atoms with van der Waals surface area (Å²) in [5.74, 6) is -0.249. The van der Waals surface area contributed by atoms with Gasteiger partial charge in [-0.25, -0.2) is 0 Å². The summed E-state index contributed by atoms with van der Waals surface area (Å²) in [6.07, 6.45) is 4.02. The molecule has 1 saturated heterocycles. The second kappa shape index (κ2) is 2.46. The van der Waals surface area contributed by atoms with Gasteiger partial charge in [-0.05, 0) is 32.2 Å². The van der Waals surface area contributed by atoms with Crippen LogP contribution in [-0.2, 0) is 4.79 Å². The highest BCUT2D eigenvalue weighted by atomic mass is 16.4. The topological polar surface area (TPSA) is 40.5 Å². The lowest BCUT2D eigenvalue weighted by Gasteiger charge is -2.16. The minimum absolute atomic E-state index is 0.353. The van der Waals surface area contributed by atoms with Crippen molar-refractivity contribution in [3.05, 3.63) is 0 Å². The van der Waals surface area contributed by atoms with E-state index in [0.29, 0.717) is 17.9 Å². The van der Waals surface area contributed by atoms with Gasteiger partial charge in [-0.1, -0.05) is 0 Å². The van der Waals surface area contributed by atoms with Crippen molar-refractivity contribution in [1.82, 2.24) is 4.90 Å². The molecule has 3 nitrogen and oxygen atoms in total. The van der Waals surface area contributed by atoms with Gasteiger partial charge in [0.05, 0.1) is 0 Å². The van der Waals surface area contributed by atoms with E-state index in [1.165, 1.54) is 12.8 Å². The highest BCUT2D eigenvalue weighted by molar-refractivity contribution is 5.67. The number of nitrogens with zero attached hydrogens (tertiary/aromatic N) is 1. The lowest BCUT2D eigenvalue weighted by Crippen LogP contribution is -2.26. The number of aliphatic carboxylic acids is 1. The van der Waals surface area contributed by atoms with Gasteiger partial charge in [0.2, 0.25) is 0 Å². The standard InChI is InChI=1S/C9H15NO2/c1-10-6-7(4-8(11)12)5-9(10)2-3-9/h7H,2-6H2,1H3,(H,11,12). The summed E-state index contributed by atoms with van der Waals surface area (Å²) >= 11 is 0. The third-order valence-corrected chi connectivity index (χ3v) is 3.30. The number of carboxylic acids is 1.